The van der Waals surface area contributed by atoms with E-state index in [0.717, 1.165) is 50.5 Å². The van der Waals surface area contributed by atoms with Gasteiger partial charge in [-0.3, -0.25) is 0 Å². The molecule has 6 atom stereocenters. The fraction of sp³-hybridized carbons (Fsp3) is 0.864. The van der Waals surface area contributed by atoms with Gasteiger partial charge >= 0.3 is 0 Å². The highest BCUT2D eigenvalue weighted by atomic mass is 32.2. The molecule has 158 valence electrons. The molecule has 0 aromatic rings. The SMILES string of the molecule is CCC1(O)CC[C@H]2[C@@H]3CCC4=CC(=NNS(C)(=O)=O)CC[C@]4(C)[C@@H]3CC[C@@]21C. The first-order valence-electron chi connectivity index (χ1n) is 11.0. The number of hydrogen-bond acceptors (Lipinski definition) is 4. The second-order valence-corrected chi connectivity index (χ2v) is 12.1. The zero-order valence-electron chi connectivity index (χ0n) is 17.8. The average molecular weight is 409 g/mol. The lowest BCUT2D eigenvalue weighted by Gasteiger charge is -2.59. The largest absolute Gasteiger partial charge is 0.389 e. The van der Waals surface area contributed by atoms with Crippen LogP contribution in [0.2, 0.25) is 0 Å². The molecule has 0 radical (unpaired) electrons. The van der Waals surface area contributed by atoms with Crippen molar-refractivity contribution in [1.82, 2.24) is 4.83 Å². The van der Waals surface area contributed by atoms with Crippen LogP contribution in [0.1, 0.15) is 78.6 Å². The molecule has 2 N–H and O–H groups in total. The minimum absolute atomic E-state index is 0.0706. The van der Waals surface area contributed by atoms with Gasteiger partial charge < -0.3 is 5.11 Å². The molecule has 0 bridgehead atoms. The number of hydrogen-bond donors (Lipinski definition) is 2. The van der Waals surface area contributed by atoms with Crippen LogP contribution in [-0.2, 0) is 10.0 Å². The zero-order valence-corrected chi connectivity index (χ0v) is 18.6. The fourth-order valence-corrected chi connectivity index (χ4v) is 7.77. The van der Waals surface area contributed by atoms with Crippen LogP contribution in [0.15, 0.2) is 16.8 Å². The van der Waals surface area contributed by atoms with Crippen molar-refractivity contribution >= 4 is 15.7 Å². The molecule has 0 saturated heterocycles. The van der Waals surface area contributed by atoms with Crippen molar-refractivity contribution in [2.75, 3.05) is 6.26 Å². The number of nitrogens with one attached hydrogen (secondary N) is 1. The van der Waals surface area contributed by atoms with Crippen molar-refractivity contribution in [3.05, 3.63) is 11.6 Å². The number of fused-ring (bicyclic) bond motifs is 5. The molecular formula is C22H36N2O3S. The molecule has 3 fully saturated rings. The highest BCUT2D eigenvalue weighted by Gasteiger charge is 2.63. The van der Waals surface area contributed by atoms with E-state index in [2.05, 4.69) is 36.8 Å². The summed E-state index contributed by atoms with van der Waals surface area (Å²) in [5.41, 5.74) is 2.10. The van der Waals surface area contributed by atoms with Crippen LogP contribution in [-0.4, -0.2) is 31.1 Å². The van der Waals surface area contributed by atoms with Gasteiger partial charge in [0.25, 0.3) is 0 Å². The maximum Gasteiger partial charge on any atom is 0.244 e. The molecule has 6 heteroatoms. The van der Waals surface area contributed by atoms with Crippen molar-refractivity contribution in [3.8, 4) is 0 Å². The summed E-state index contributed by atoms with van der Waals surface area (Å²) >= 11 is 0. The number of hydrazone groups is 1. The summed E-state index contributed by atoms with van der Waals surface area (Å²) in [6.45, 7) is 6.94. The zero-order chi connectivity index (χ0) is 20.4. The first-order chi connectivity index (χ1) is 13.0. The lowest BCUT2D eigenvalue weighted by molar-refractivity contribution is -0.127. The van der Waals surface area contributed by atoms with Crippen LogP contribution in [0.4, 0.5) is 0 Å². The highest BCUT2D eigenvalue weighted by Crippen LogP contribution is 2.67. The molecule has 0 amide bonds. The van der Waals surface area contributed by atoms with Crippen molar-refractivity contribution < 1.29 is 13.5 Å². The fourth-order valence-electron chi connectivity index (χ4n) is 7.49. The van der Waals surface area contributed by atoms with Gasteiger partial charge in [-0.25, -0.2) is 13.2 Å². The van der Waals surface area contributed by atoms with Crippen LogP contribution in [0.3, 0.4) is 0 Å². The summed E-state index contributed by atoms with van der Waals surface area (Å²) in [6, 6.07) is 0. The predicted octanol–water partition coefficient (Wildman–Crippen LogP) is 4.00. The monoisotopic (exact) mass is 408 g/mol. The number of sulfonamides is 1. The Bertz CT molecular complexity index is 820. The molecule has 1 unspecified atom stereocenters. The Labute approximate surface area is 170 Å². The average Bonchev–Trinajstić information content (AvgIpc) is 2.91. The van der Waals surface area contributed by atoms with E-state index in [1.807, 2.05) is 0 Å². The Morgan fingerprint density at radius 2 is 1.86 bits per heavy atom. The van der Waals surface area contributed by atoms with Gasteiger partial charge in [0.15, 0.2) is 0 Å². The Balaban J connectivity index is 1.60. The normalized spacial score (nSPS) is 47.1. The molecule has 4 aliphatic rings. The molecular weight excluding hydrogens is 372 g/mol. The van der Waals surface area contributed by atoms with Gasteiger partial charge in [-0.05, 0) is 92.4 Å². The van der Waals surface area contributed by atoms with Gasteiger partial charge in [0.05, 0.1) is 17.6 Å². The van der Waals surface area contributed by atoms with E-state index < -0.39 is 15.6 Å². The van der Waals surface area contributed by atoms with E-state index in [4.69, 9.17) is 0 Å². The minimum Gasteiger partial charge on any atom is -0.389 e. The predicted molar refractivity (Wildman–Crippen MR) is 112 cm³/mol. The number of aliphatic hydroxyl groups is 1. The van der Waals surface area contributed by atoms with Crippen molar-refractivity contribution in [3.63, 3.8) is 0 Å². The summed E-state index contributed by atoms with van der Waals surface area (Å²) in [4.78, 5) is 2.29. The second kappa shape index (κ2) is 6.56. The van der Waals surface area contributed by atoms with E-state index in [-0.39, 0.29) is 10.8 Å². The van der Waals surface area contributed by atoms with Gasteiger partial charge in [-0.1, -0.05) is 26.3 Å². The summed E-state index contributed by atoms with van der Waals surface area (Å²) in [6.07, 6.45) is 12.8. The van der Waals surface area contributed by atoms with Crippen LogP contribution >= 0.6 is 0 Å². The molecule has 0 aromatic heterocycles. The number of allylic oxidation sites excluding steroid dienone is 2. The lowest BCUT2D eigenvalue weighted by atomic mass is 9.46. The van der Waals surface area contributed by atoms with Gasteiger partial charge in [-0.15, -0.1) is 0 Å². The Hall–Kier alpha value is -0.880. The summed E-state index contributed by atoms with van der Waals surface area (Å²) in [5.74, 6) is 2.01. The summed E-state index contributed by atoms with van der Waals surface area (Å²) in [7, 11) is -3.31. The second-order valence-electron chi connectivity index (χ2n) is 10.3. The van der Waals surface area contributed by atoms with Gasteiger partial charge in [0, 0.05) is 0 Å². The Kier molecular flexibility index (Phi) is 4.78. The summed E-state index contributed by atoms with van der Waals surface area (Å²) < 4.78 is 22.7. The third kappa shape index (κ3) is 2.97. The van der Waals surface area contributed by atoms with Crippen LogP contribution < -0.4 is 4.83 Å². The number of rotatable bonds is 3. The van der Waals surface area contributed by atoms with Crippen LogP contribution in [0.25, 0.3) is 0 Å². The maximum atomic E-state index is 11.4. The molecule has 4 aliphatic carbocycles. The van der Waals surface area contributed by atoms with E-state index >= 15 is 0 Å². The van der Waals surface area contributed by atoms with Gasteiger partial charge in [-0.2, -0.15) is 5.10 Å². The van der Waals surface area contributed by atoms with Gasteiger partial charge in [0.1, 0.15) is 0 Å². The Morgan fingerprint density at radius 1 is 1.14 bits per heavy atom. The van der Waals surface area contributed by atoms with E-state index in [9.17, 15) is 13.5 Å². The molecule has 4 rings (SSSR count). The van der Waals surface area contributed by atoms with E-state index in [1.165, 1.54) is 24.8 Å². The van der Waals surface area contributed by atoms with Crippen LogP contribution in [0, 0.1) is 28.6 Å². The smallest absolute Gasteiger partial charge is 0.244 e. The van der Waals surface area contributed by atoms with E-state index in [0.29, 0.717) is 17.8 Å². The molecule has 0 heterocycles. The van der Waals surface area contributed by atoms with Crippen molar-refractivity contribution in [2.45, 2.75) is 84.2 Å². The first-order valence-corrected chi connectivity index (χ1v) is 12.9. The van der Waals surface area contributed by atoms with Gasteiger partial charge in [0.2, 0.25) is 10.0 Å². The van der Waals surface area contributed by atoms with Crippen molar-refractivity contribution in [1.29, 1.82) is 0 Å². The van der Waals surface area contributed by atoms with Crippen molar-refractivity contribution in [2.24, 2.45) is 33.7 Å². The molecule has 28 heavy (non-hydrogen) atoms. The molecule has 0 aliphatic heterocycles. The first kappa shape index (κ1) is 20.4. The lowest BCUT2D eigenvalue weighted by Crippen LogP contribution is -2.54. The molecule has 0 spiro atoms. The third-order valence-electron chi connectivity index (χ3n) is 9.24. The minimum atomic E-state index is -3.31. The highest BCUT2D eigenvalue weighted by molar-refractivity contribution is 7.88. The molecule has 3 saturated carbocycles. The Morgan fingerprint density at radius 3 is 2.54 bits per heavy atom. The standard InChI is InChI=1S/C22H36N2O3S/c1-5-22(25)13-10-19-17-7-6-15-14-16(23-24-28(4,26)27)8-11-20(15,2)18(17)9-12-21(19,22)3/h14,17-19,24-25H,5-13H2,1-4H3/t17-,18-,19+,20+,21+,22?/m1/s1. The third-order valence-corrected chi connectivity index (χ3v) is 9.66. The molecule has 0 aromatic carbocycles. The molecule has 5 nitrogen and oxygen atoms in total. The number of nitrogens with zero attached hydrogens (tertiary/aromatic N) is 1. The quantitative estimate of drug-likeness (QED) is 0.693. The van der Waals surface area contributed by atoms with Crippen LogP contribution in [0.5, 0.6) is 0 Å². The summed E-state index contributed by atoms with van der Waals surface area (Å²) in [5, 5.41) is 15.5. The van der Waals surface area contributed by atoms with E-state index in [1.54, 1.807) is 0 Å². The maximum absolute atomic E-state index is 11.4. The topological polar surface area (TPSA) is 78.8 Å².